The van der Waals surface area contributed by atoms with E-state index in [0.29, 0.717) is 11.7 Å². The second-order valence-corrected chi connectivity index (χ2v) is 5.44. The maximum absolute atomic E-state index is 10.2. The van der Waals surface area contributed by atoms with Crippen LogP contribution in [-0.4, -0.2) is 25.4 Å². The number of benzene rings is 1. The van der Waals surface area contributed by atoms with E-state index in [0.717, 1.165) is 36.1 Å². The predicted molar refractivity (Wildman–Crippen MR) is 72.8 cm³/mol. The minimum atomic E-state index is -0.194. The van der Waals surface area contributed by atoms with Crippen molar-refractivity contribution in [3.63, 3.8) is 0 Å². The van der Waals surface area contributed by atoms with Gasteiger partial charge in [0.05, 0.1) is 7.11 Å². The molecule has 1 saturated heterocycles. The molecule has 0 amide bonds. The van der Waals surface area contributed by atoms with Crippen molar-refractivity contribution in [3.8, 4) is 11.5 Å². The van der Waals surface area contributed by atoms with E-state index in [1.165, 1.54) is 7.11 Å². The van der Waals surface area contributed by atoms with Crippen LogP contribution in [0, 0.1) is 5.92 Å². The highest BCUT2D eigenvalue weighted by Crippen LogP contribution is 2.40. The van der Waals surface area contributed by atoms with Gasteiger partial charge in [-0.2, -0.15) is 0 Å². The molecular weight excluding hydrogens is 298 g/mol. The highest BCUT2D eigenvalue weighted by atomic mass is 79.9. The maximum Gasteiger partial charge on any atom is 0.162 e. The van der Waals surface area contributed by atoms with Crippen molar-refractivity contribution in [2.45, 2.75) is 18.9 Å². The normalized spacial score (nSPS) is 18.6. The molecule has 0 saturated carbocycles. The van der Waals surface area contributed by atoms with Crippen LogP contribution < -0.4 is 10.5 Å². The summed E-state index contributed by atoms with van der Waals surface area (Å²) in [6.07, 6.45) is 1.85. The van der Waals surface area contributed by atoms with Crippen LogP contribution in [-0.2, 0) is 4.74 Å². The van der Waals surface area contributed by atoms with Crippen LogP contribution in [0.5, 0.6) is 11.5 Å². The predicted octanol–water partition coefficient (Wildman–Crippen LogP) is 2.59. The van der Waals surface area contributed by atoms with Gasteiger partial charge in [0.15, 0.2) is 11.5 Å². The number of phenols is 1. The first-order chi connectivity index (χ1) is 8.63. The number of aromatic hydroxyl groups is 1. The average molecular weight is 316 g/mol. The smallest absolute Gasteiger partial charge is 0.162 e. The molecule has 0 unspecified atom stereocenters. The minimum absolute atomic E-state index is 0.139. The minimum Gasteiger partial charge on any atom is -0.504 e. The fraction of sp³-hybridized carbons (Fsp3) is 0.538. The van der Waals surface area contributed by atoms with Crippen molar-refractivity contribution in [2.75, 3.05) is 20.3 Å². The van der Waals surface area contributed by atoms with E-state index in [4.69, 9.17) is 15.2 Å². The van der Waals surface area contributed by atoms with Gasteiger partial charge in [-0.1, -0.05) is 15.9 Å². The van der Waals surface area contributed by atoms with E-state index >= 15 is 0 Å². The highest BCUT2D eigenvalue weighted by Gasteiger charge is 2.25. The molecule has 18 heavy (non-hydrogen) atoms. The number of methoxy groups -OCH3 is 1. The van der Waals surface area contributed by atoms with E-state index in [1.807, 2.05) is 6.07 Å². The van der Waals surface area contributed by atoms with E-state index < -0.39 is 0 Å². The largest absolute Gasteiger partial charge is 0.504 e. The molecule has 0 aromatic heterocycles. The molecule has 5 heteroatoms. The SMILES string of the molecule is COc1cc(Br)cc([C@@H](N)C2CCOCC2)c1O. The Morgan fingerprint density at radius 3 is 2.72 bits per heavy atom. The summed E-state index contributed by atoms with van der Waals surface area (Å²) in [6, 6.07) is 3.40. The summed E-state index contributed by atoms with van der Waals surface area (Å²) < 4.78 is 11.3. The Kier molecular flexibility index (Phi) is 4.48. The lowest BCUT2D eigenvalue weighted by atomic mass is 9.87. The van der Waals surface area contributed by atoms with Gasteiger partial charge in [-0.3, -0.25) is 0 Å². The Balaban J connectivity index is 2.28. The van der Waals surface area contributed by atoms with Crippen molar-refractivity contribution in [1.82, 2.24) is 0 Å². The number of hydrogen-bond donors (Lipinski definition) is 2. The lowest BCUT2D eigenvalue weighted by molar-refractivity contribution is 0.0581. The van der Waals surface area contributed by atoms with E-state index in [-0.39, 0.29) is 11.8 Å². The van der Waals surface area contributed by atoms with Gasteiger partial charge in [0.1, 0.15) is 0 Å². The lowest BCUT2D eigenvalue weighted by Crippen LogP contribution is -2.27. The number of phenolic OH excluding ortho intramolecular Hbond substituents is 1. The van der Waals surface area contributed by atoms with Crippen LogP contribution in [0.3, 0.4) is 0 Å². The van der Waals surface area contributed by atoms with Gasteiger partial charge in [0.25, 0.3) is 0 Å². The third-order valence-electron chi connectivity index (χ3n) is 3.42. The standard InChI is InChI=1S/C13H18BrNO3/c1-17-11-7-9(14)6-10(13(11)16)12(15)8-2-4-18-5-3-8/h6-8,12,16H,2-5,15H2,1H3/t12-/m0/s1. The monoisotopic (exact) mass is 315 g/mol. The zero-order chi connectivity index (χ0) is 13.1. The lowest BCUT2D eigenvalue weighted by Gasteiger charge is -2.28. The van der Waals surface area contributed by atoms with Gasteiger partial charge < -0.3 is 20.3 Å². The van der Waals surface area contributed by atoms with Gasteiger partial charge in [-0.15, -0.1) is 0 Å². The fourth-order valence-corrected chi connectivity index (χ4v) is 2.79. The molecule has 1 atom stereocenters. The Labute approximate surface area is 115 Å². The zero-order valence-electron chi connectivity index (χ0n) is 10.4. The van der Waals surface area contributed by atoms with Crippen molar-refractivity contribution >= 4 is 15.9 Å². The third kappa shape index (κ3) is 2.79. The van der Waals surface area contributed by atoms with Crippen LogP contribution in [0.25, 0.3) is 0 Å². The van der Waals surface area contributed by atoms with Crippen LogP contribution in [0.2, 0.25) is 0 Å². The quantitative estimate of drug-likeness (QED) is 0.900. The summed E-state index contributed by atoms with van der Waals surface area (Å²) in [7, 11) is 1.53. The average Bonchev–Trinajstić information content (AvgIpc) is 2.41. The second kappa shape index (κ2) is 5.91. The molecule has 0 aliphatic carbocycles. The first-order valence-electron chi connectivity index (χ1n) is 6.03. The number of halogens is 1. The molecule has 1 heterocycles. The summed E-state index contributed by atoms with van der Waals surface area (Å²) in [5, 5.41) is 10.2. The van der Waals surface area contributed by atoms with Crippen LogP contribution >= 0.6 is 15.9 Å². The Bertz CT molecular complexity index is 419. The molecule has 2 rings (SSSR count). The van der Waals surface area contributed by atoms with Crippen molar-refractivity contribution in [3.05, 3.63) is 22.2 Å². The summed E-state index contributed by atoms with van der Waals surface area (Å²) >= 11 is 3.41. The highest BCUT2D eigenvalue weighted by molar-refractivity contribution is 9.10. The third-order valence-corrected chi connectivity index (χ3v) is 3.88. The molecule has 1 fully saturated rings. The number of hydrogen-bond acceptors (Lipinski definition) is 4. The second-order valence-electron chi connectivity index (χ2n) is 4.52. The molecular formula is C13H18BrNO3. The molecule has 4 nitrogen and oxygen atoms in total. The zero-order valence-corrected chi connectivity index (χ0v) is 11.9. The summed E-state index contributed by atoms with van der Waals surface area (Å²) in [5.74, 6) is 0.922. The van der Waals surface area contributed by atoms with Crippen LogP contribution in [0.15, 0.2) is 16.6 Å². The fourth-order valence-electron chi connectivity index (χ4n) is 2.33. The van der Waals surface area contributed by atoms with E-state index in [2.05, 4.69) is 15.9 Å². The van der Waals surface area contributed by atoms with E-state index in [9.17, 15) is 5.11 Å². The Hall–Kier alpha value is -0.780. The van der Waals surface area contributed by atoms with Crippen LogP contribution in [0.4, 0.5) is 0 Å². The number of rotatable bonds is 3. The maximum atomic E-state index is 10.2. The molecule has 0 spiro atoms. The first kappa shape index (κ1) is 13.6. The molecule has 0 radical (unpaired) electrons. The van der Waals surface area contributed by atoms with E-state index in [1.54, 1.807) is 6.07 Å². The van der Waals surface area contributed by atoms with Gasteiger partial charge in [0, 0.05) is 29.3 Å². The van der Waals surface area contributed by atoms with Crippen molar-refractivity contribution in [2.24, 2.45) is 11.7 Å². The molecule has 1 aliphatic heterocycles. The molecule has 100 valence electrons. The van der Waals surface area contributed by atoms with Crippen molar-refractivity contribution in [1.29, 1.82) is 0 Å². The van der Waals surface area contributed by atoms with Gasteiger partial charge in [-0.05, 0) is 30.9 Å². The summed E-state index contributed by atoms with van der Waals surface area (Å²) in [6.45, 7) is 1.48. The van der Waals surface area contributed by atoms with Crippen LogP contribution in [0.1, 0.15) is 24.4 Å². The number of ether oxygens (including phenoxy) is 2. The molecule has 1 aliphatic rings. The molecule has 1 aromatic carbocycles. The van der Waals surface area contributed by atoms with Gasteiger partial charge in [-0.25, -0.2) is 0 Å². The number of nitrogens with two attached hydrogens (primary N) is 1. The Morgan fingerprint density at radius 1 is 1.44 bits per heavy atom. The first-order valence-corrected chi connectivity index (χ1v) is 6.82. The Morgan fingerprint density at radius 2 is 2.11 bits per heavy atom. The summed E-state index contributed by atoms with van der Waals surface area (Å²) in [5.41, 5.74) is 7.00. The topological polar surface area (TPSA) is 64.7 Å². The molecule has 1 aromatic rings. The van der Waals surface area contributed by atoms with Crippen molar-refractivity contribution < 1.29 is 14.6 Å². The molecule has 0 bridgehead atoms. The summed E-state index contributed by atoms with van der Waals surface area (Å²) in [4.78, 5) is 0. The van der Waals surface area contributed by atoms with Gasteiger partial charge in [0.2, 0.25) is 0 Å². The molecule has 3 N–H and O–H groups in total. The van der Waals surface area contributed by atoms with Gasteiger partial charge >= 0.3 is 0 Å².